The highest BCUT2D eigenvalue weighted by Crippen LogP contribution is 2.27. The Morgan fingerprint density at radius 1 is 1.15 bits per heavy atom. The van der Waals surface area contributed by atoms with Crippen molar-refractivity contribution in [3.8, 4) is 11.5 Å². The highest BCUT2D eigenvalue weighted by molar-refractivity contribution is 5.99. The van der Waals surface area contributed by atoms with Crippen LogP contribution in [0, 0.1) is 0 Å². The number of hydrazone groups is 1. The Balaban J connectivity index is 1.69. The number of ether oxygens (including phenoxy) is 2. The molecule has 8 heteroatoms. The summed E-state index contributed by atoms with van der Waals surface area (Å²) in [6, 6.07) is 12.9. The summed E-state index contributed by atoms with van der Waals surface area (Å²) in [5, 5.41) is 12.2. The number of rotatable bonds is 6. The lowest BCUT2D eigenvalue weighted by Crippen LogP contribution is -2.24. The minimum atomic E-state index is -0.291. The van der Waals surface area contributed by atoms with Gasteiger partial charge < -0.3 is 9.47 Å². The molecule has 0 aliphatic rings. The van der Waals surface area contributed by atoms with Crippen LogP contribution < -0.4 is 14.9 Å². The SMILES string of the molecule is COc1ccc(/C(C)=N\NC(=O)Cn2nnc3ccccc32)cc1OC. The Labute approximate surface area is 150 Å². The molecular weight excluding hydrogens is 334 g/mol. The van der Waals surface area contributed by atoms with Gasteiger partial charge >= 0.3 is 0 Å². The lowest BCUT2D eigenvalue weighted by Gasteiger charge is -2.09. The summed E-state index contributed by atoms with van der Waals surface area (Å²) in [4.78, 5) is 12.2. The number of benzene rings is 2. The lowest BCUT2D eigenvalue weighted by molar-refractivity contribution is -0.121. The molecule has 0 saturated heterocycles. The van der Waals surface area contributed by atoms with Crippen LogP contribution in [0.2, 0.25) is 0 Å². The Hall–Kier alpha value is -3.42. The van der Waals surface area contributed by atoms with Crippen molar-refractivity contribution in [3.63, 3.8) is 0 Å². The van der Waals surface area contributed by atoms with Gasteiger partial charge in [0.2, 0.25) is 0 Å². The summed E-state index contributed by atoms with van der Waals surface area (Å²) in [6.45, 7) is 1.83. The van der Waals surface area contributed by atoms with Crippen LogP contribution in [0.3, 0.4) is 0 Å². The minimum Gasteiger partial charge on any atom is -0.493 e. The third-order valence-electron chi connectivity index (χ3n) is 3.86. The maximum Gasteiger partial charge on any atom is 0.261 e. The molecule has 2 aromatic carbocycles. The number of para-hydroxylation sites is 1. The summed E-state index contributed by atoms with van der Waals surface area (Å²) >= 11 is 0. The maximum absolute atomic E-state index is 12.2. The van der Waals surface area contributed by atoms with Crippen LogP contribution in [0.1, 0.15) is 12.5 Å². The number of amides is 1. The molecule has 0 fully saturated rings. The average Bonchev–Trinajstić information content (AvgIpc) is 3.08. The van der Waals surface area contributed by atoms with E-state index in [4.69, 9.17) is 9.47 Å². The molecule has 1 aromatic heterocycles. The van der Waals surface area contributed by atoms with Gasteiger partial charge in [-0.05, 0) is 37.3 Å². The fourth-order valence-corrected chi connectivity index (χ4v) is 2.48. The number of nitrogens with zero attached hydrogens (tertiary/aromatic N) is 4. The monoisotopic (exact) mass is 353 g/mol. The van der Waals surface area contributed by atoms with Crippen molar-refractivity contribution in [3.05, 3.63) is 48.0 Å². The van der Waals surface area contributed by atoms with Crippen molar-refractivity contribution in [1.82, 2.24) is 20.4 Å². The summed E-state index contributed by atoms with van der Waals surface area (Å²) in [5.74, 6) is 0.937. The average molecular weight is 353 g/mol. The largest absolute Gasteiger partial charge is 0.493 e. The van der Waals surface area contributed by atoms with Crippen LogP contribution in [0.15, 0.2) is 47.6 Å². The van der Waals surface area contributed by atoms with Gasteiger partial charge in [-0.3, -0.25) is 4.79 Å². The van der Waals surface area contributed by atoms with Gasteiger partial charge in [-0.15, -0.1) is 5.10 Å². The number of fused-ring (bicyclic) bond motifs is 1. The number of hydrogen-bond acceptors (Lipinski definition) is 6. The van der Waals surface area contributed by atoms with E-state index in [1.165, 1.54) is 4.68 Å². The molecule has 0 spiro atoms. The molecule has 8 nitrogen and oxygen atoms in total. The minimum absolute atomic E-state index is 0.0310. The van der Waals surface area contributed by atoms with Gasteiger partial charge in [-0.25, -0.2) is 10.1 Å². The normalized spacial score (nSPS) is 11.4. The molecule has 0 saturated carbocycles. The Bertz CT molecular complexity index is 964. The molecule has 0 aliphatic carbocycles. The van der Waals surface area contributed by atoms with Crippen molar-refractivity contribution in [2.24, 2.45) is 5.10 Å². The van der Waals surface area contributed by atoms with Gasteiger partial charge in [0.1, 0.15) is 12.1 Å². The molecule has 1 amide bonds. The Morgan fingerprint density at radius 3 is 2.69 bits per heavy atom. The van der Waals surface area contributed by atoms with Crippen molar-refractivity contribution in [2.45, 2.75) is 13.5 Å². The smallest absolute Gasteiger partial charge is 0.261 e. The quantitative estimate of drug-likeness (QED) is 0.541. The molecule has 134 valence electrons. The van der Waals surface area contributed by atoms with Crippen molar-refractivity contribution >= 4 is 22.7 Å². The van der Waals surface area contributed by atoms with Gasteiger partial charge in [0.25, 0.3) is 5.91 Å². The molecule has 0 aliphatic heterocycles. The Kier molecular flexibility index (Phi) is 5.12. The zero-order valence-corrected chi connectivity index (χ0v) is 14.8. The van der Waals surface area contributed by atoms with E-state index in [2.05, 4.69) is 20.8 Å². The fraction of sp³-hybridized carbons (Fsp3) is 0.222. The number of hydrogen-bond donors (Lipinski definition) is 1. The number of nitrogens with one attached hydrogen (secondary N) is 1. The maximum atomic E-state index is 12.2. The molecule has 26 heavy (non-hydrogen) atoms. The second-order valence-corrected chi connectivity index (χ2v) is 5.54. The molecule has 0 radical (unpaired) electrons. The topological polar surface area (TPSA) is 90.6 Å². The predicted octanol–water partition coefficient (Wildman–Crippen LogP) is 1.99. The predicted molar refractivity (Wildman–Crippen MR) is 97.4 cm³/mol. The fourth-order valence-electron chi connectivity index (χ4n) is 2.48. The standard InChI is InChI=1S/C18H19N5O3/c1-12(13-8-9-16(25-2)17(10-13)26-3)19-21-18(24)11-23-15-7-5-4-6-14(15)20-22-23/h4-10H,11H2,1-3H3,(H,21,24)/b19-12-. The third-order valence-corrected chi connectivity index (χ3v) is 3.86. The van der Waals surface area contributed by atoms with E-state index >= 15 is 0 Å². The van der Waals surface area contributed by atoms with Gasteiger partial charge in [-0.1, -0.05) is 17.3 Å². The van der Waals surface area contributed by atoms with E-state index in [0.29, 0.717) is 17.2 Å². The van der Waals surface area contributed by atoms with E-state index in [9.17, 15) is 4.79 Å². The number of carbonyl (C=O) groups excluding carboxylic acids is 1. The molecule has 1 N–H and O–H groups in total. The summed E-state index contributed by atoms with van der Waals surface area (Å²) < 4.78 is 12.0. The molecule has 0 bridgehead atoms. The van der Waals surface area contributed by atoms with Crippen LogP contribution in [0.25, 0.3) is 11.0 Å². The van der Waals surface area contributed by atoms with E-state index in [-0.39, 0.29) is 12.5 Å². The highest BCUT2D eigenvalue weighted by Gasteiger charge is 2.09. The second-order valence-electron chi connectivity index (χ2n) is 5.54. The first-order chi connectivity index (χ1) is 12.6. The van der Waals surface area contributed by atoms with E-state index in [1.807, 2.05) is 30.3 Å². The molecule has 0 atom stereocenters. The molecular formula is C18H19N5O3. The van der Waals surface area contributed by atoms with Crippen LogP contribution in [-0.2, 0) is 11.3 Å². The van der Waals surface area contributed by atoms with E-state index in [1.54, 1.807) is 33.3 Å². The van der Waals surface area contributed by atoms with E-state index < -0.39 is 0 Å². The van der Waals surface area contributed by atoms with Crippen LogP contribution in [0.4, 0.5) is 0 Å². The molecule has 3 aromatic rings. The summed E-state index contributed by atoms with van der Waals surface area (Å²) in [6.07, 6.45) is 0. The van der Waals surface area contributed by atoms with Crippen LogP contribution in [-0.4, -0.2) is 40.8 Å². The van der Waals surface area contributed by atoms with Crippen LogP contribution >= 0.6 is 0 Å². The van der Waals surface area contributed by atoms with E-state index in [0.717, 1.165) is 16.6 Å². The van der Waals surface area contributed by atoms with Crippen molar-refractivity contribution in [2.75, 3.05) is 14.2 Å². The summed E-state index contributed by atoms with van der Waals surface area (Å²) in [7, 11) is 3.14. The van der Waals surface area contributed by atoms with Gasteiger partial charge in [0.05, 0.1) is 25.4 Å². The molecule has 1 heterocycles. The zero-order chi connectivity index (χ0) is 18.5. The number of carbonyl (C=O) groups is 1. The van der Waals surface area contributed by atoms with Gasteiger partial charge in [-0.2, -0.15) is 5.10 Å². The third kappa shape index (κ3) is 3.64. The number of methoxy groups -OCH3 is 2. The first-order valence-corrected chi connectivity index (χ1v) is 7.96. The summed E-state index contributed by atoms with van der Waals surface area (Å²) in [5.41, 5.74) is 5.53. The van der Waals surface area contributed by atoms with Crippen molar-refractivity contribution in [1.29, 1.82) is 0 Å². The molecule has 0 unspecified atom stereocenters. The molecule has 3 rings (SSSR count). The highest BCUT2D eigenvalue weighted by atomic mass is 16.5. The van der Waals surface area contributed by atoms with Crippen molar-refractivity contribution < 1.29 is 14.3 Å². The second kappa shape index (κ2) is 7.64. The zero-order valence-electron chi connectivity index (χ0n) is 14.8. The van der Waals surface area contributed by atoms with Crippen LogP contribution in [0.5, 0.6) is 11.5 Å². The van der Waals surface area contributed by atoms with Gasteiger partial charge in [0.15, 0.2) is 11.5 Å². The van der Waals surface area contributed by atoms with Gasteiger partial charge in [0, 0.05) is 5.56 Å². The Morgan fingerprint density at radius 2 is 1.92 bits per heavy atom. The first-order valence-electron chi connectivity index (χ1n) is 7.96. The number of aromatic nitrogens is 3. The lowest BCUT2D eigenvalue weighted by atomic mass is 10.1. The first kappa shape index (κ1) is 17.4.